The second-order valence-corrected chi connectivity index (χ2v) is 11.6. The van der Waals surface area contributed by atoms with E-state index in [1.807, 2.05) is 0 Å². The van der Waals surface area contributed by atoms with Crippen LogP contribution in [0.15, 0.2) is 6.33 Å². The van der Waals surface area contributed by atoms with Gasteiger partial charge in [0.1, 0.15) is 16.6 Å². The molecule has 7 rings (SSSR count). The molecule has 0 unspecified atom stereocenters. The summed E-state index contributed by atoms with van der Waals surface area (Å²) in [5, 5.41) is 10.3. The maximum absolute atomic E-state index is 9.67. The Labute approximate surface area is 207 Å². The number of thiophene rings is 1. The predicted molar refractivity (Wildman–Crippen MR) is 132 cm³/mol. The van der Waals surface area contributed by atoms with E-state index >= 15 is 0 Å². The van der Waals surface area contributed by atoms with E-state index < -0.39 is 0 Å². The van der Waals surface area contributed by atoms with Gasteiger partial charge in [-0.25, -0.2) is 4.98 Å². The van der Waals surface area contributed by atoms with E-state index in [1.54, 1.807) is 17.7 Å². The molecule has 10 nitrogen and oxygen atoms in total. The van der Waals surface area contributed by atoms with Crippen LogP contribution in [0.3, 0.4) is 0 Å². The van der Waals surface area contributed by atoms with Crippen molar-refractivity contribution in [2.24, 2.45) is 5.41 Å². The highest BCUT2D eigenvalue weighted by Gasteiger charge is 2.52. The summed E-state index contributed by atoms with van der Waals surface area (Å²) in [5.74, 6) is 1.21. The Bertz CT molecular complexity index is 1330. The third kappa shape index (κ3) is 3.46. The predicted octanol–water partition coefficient (Wildman–Crippen LogP) is 2.06. The molecule has 3 aromatic heterocycles. The Morgan fingerprint density at radius 1 is 1.23 bits per heavy atom. The molecule has 1 saturated carbocycles. The van der Waals surface area contributed by atoms with Gasteiger partial charge in [-0.2, -0.15) is 15.2 Å². The number of fused-ring (bicyclic) bond motifs is 3. The number of hydrogen-bond donors (Lipinski definition) is 2. The number of rotatable bonds is 6. The molecule has 11 heteroatoms. The van der Waals surface area contributed by atoms with Gasteiger partial charge in [0.05, 0.1) is 31.7 Å². The zero-order chi connectivity index (χ0) is 23.6. The van der Waals surface area contributed by atoms with Gasteiger partial charge < -0.3 is 25.1 Å². The van der Waals surface area contributed by atoms with Crippen molar-refractivity contribution in [2.45, 2.75) is 31.1 Å². The van der Waals surface area contributed by atoms with Crippen molar-refractivity contribution in [1.82, 2.24) is 24.8 Å². The summed E-state index contributed by atoms with van der Waals surface area (Å²) in [4.78, 5) is 23.0. The summed E-state index contributed by atoms with van der Waals surface area (Å²) >= 11 is 1.57. The van der Waals surface area contributed by atoms with Crippen molar-refractivity contribution in [3.8, 4) is 11.9 Å². The number of imidazole rings is 1. The topological polar surface area (TPSA) is 129 Å². The van der Waals surface area contributed by atoms with Gasteiger partial charge >= 0.3 is 0 Å². The number of H-pyrrole nitrogens is 1. The molecular formula is C24H28N8O2S. The second kappa shape index (κ2) is 7.78. The lowest BCUT2D eigenvalue weighted by molar-refractivity contribution is 0.0234. The maximum atomic E-state index is 9.67. The zero-order valence-electron chi connectivity index (χ0n) is 19.5. The minimum atomic E-state index is -0.0321. The van der Waals surface area contributed by atoms with Gasteiger partial charge in [-0.15, -0.1) is 11.3 Å². The molecule has 3 fully saturated rings. The van der Waals surface area contributed by atoms with E-state index in [1.165, 1.54) is 17.7 Å². The summed E-state index contributed by atoms with van der Waals surface area (Å²) in [6.45, 7) is 6.85. The van der Waals surface area contributed by atoms with Gasteiger partial charge in [0.2, 0.25) is 11.8 Å². The first-order valence-corrected chi connectivity index (χ1v) is 13.1. The molecule has 5 heterocycles. The Balaban J connectivity index is 1.10. The van der Waals surface area contributed by atoms with E-state index in [2.05, 4.69) is 25.8 Å². The van der Waals surface area contributed by atoms with Gasteiger partial charge in [-0.05, 0) is 31.2 Å². The molecule has 0 atom stereocenters. The van der Waals surface area contributed by atoms with Crippen molar-refractivity contribution in [3.63, 3.8) is 0 Å². The molecule has 0 radical (unpaired) electrons. The number of ether oxygens (including phenoxy) is 2. The number of anilines is 2. The monoisotopic (exact) mass is 492 g/mol. The van der Waals surface area contributed by atoms with Crippen LogP contribution in [-0.4, -0.2) is 77.4 Å². The van der Waals surface area contributed by atoms with Crippen molar-refractivity contribution < 1.29 is 9.47 Å². The molecule has 2 aliphatic heterocycles. The second-order valence-electron chi connectivity index (χ2n) is 10.5. The largest absolute Gasteiger partial charge is 0.475 e. The SMILES string of the molecule is N#Cc1c(N)sc2c1C1(CC2)CN(c2nc(OCC3(CN4CCOCC4)CC3)c3[nH]cnc3n2)C1. The lowest BCUT2D eigenvalue weighted by Gasteiger charge is -2.48. The van der Waals surface area contributed by atoms with Crippen molar-refractivity contribution in [2.75, 3.05) is 63.2 Å². The average Bonchev–Trinajstić information content (AvgIpc) is 3.16. The number of nitrogens with zero attached hydrogens (tertiary/aromatic N) is 6. The first kappa shape index (κ1) is 21.4. The molecule has 3 aromatic rings. The van der Waals surface area contributed by atoms with E-state index in [0.717, 1.165) is 69.9 Å². The van der Waals surface area contributed by atoms with Crippen LogP contribution in [0, 0.1) is 16.7 Å². The summed E-state index contributed by atoms with van der Waals surface area (Å²) in [7, 11) is 0. The number of nitrogens with two attached hydrogens (primary N) is 1. The first-order valence-electron chi connectivity index (χ1n) is 12.3. The molecule has 35 heavy (non-hydrogen) atoms. The quantitative estimate of drug-likeness (QED) is 0.531. The van der Waals surface area contributed by atoms with Crippen LogP contribution in [0.5, 0.6) is 5.88 Å². The third-order valence-corrected chi connectivity index (χ3v) is 9.21. The minimum Gasteiger partial charge on any atom is -0.475 e. The van der Waals surface area contributed by atoms with E-state index in [4.69, 9.17) is 25.2 Å². The highest BCUT2D eigenvalue weighted by atomic mass is 32.1. The van der Waals surface area contributed by atoms with Crippen molar-refractivity contribution in [3.05, 3.63) is 22.3 Å². The van der Waals surface area contributed by atoms with Crippen LogP contribution in [-0.2, 0) is 16.6 Å². The van der Waals surface area contributed by atoms with Crippen LogP contribution in [0.25, 0.3) is 11.2 Å². The average molecular weight is 493 g/mol. The summed E-state index contributed by atoms with van der Waals surface area (Å²) in [6.07, 6.45) is 6.02. The maximum Gasteiger partial charge on any atom is 0.245 e. The molecular weight excluding hydrogens is 464 g/mol. The molecule has 0 bridgehead atoms. The molecule has 2 saturated heterocycles. The highest BCUT2D eigenvalue weighted by Crippen LogP contribution is 2.52. The standard InChI is InChI=1S/C24H28N8O2S/c25-9-15-17-16(35-19(15)26)1-2-24(17)11-32(12-24)22-29-20-18(27-14-28-20)21(30-22)34-13-23(3-4-23)10-31-5-7-33-8-6-31/h14H,1-8,10-13,26H2,(H,27,28,29,30). The van der Waals surface area contributed by atoms with Gasteiger partial charge in [-0.3, -0.25) is 4.90 Å². The normalized spacial score (nSPS) is 22.2. The van der Waals surface area contributed by atoms with Gasteiger partial charge in [0, 0.05) is 48.4 Å². The fraction of sp³-hybridized carbons (Fsp3) is 0.583. The fourth-order valence-electron chi connectivity index (χ4n) is 5.99. The van der Waals surface area contributed by atoms with E-state index in [0.29, 0.717) is 34.6 Å². The zero-order valence-corrected chi connectivity index (χ0v) is 20.4. The smallest absolute Gasteiger partial charge is 0.245 e. The van der Waals surface area contributed by atoms with Gasteiger partial charge in [0.15, 0.2) is 5.65 Å². The number of aromatic nitrogens is 4. The fourth-order valence-corrected chi connectivity index (χ4v) is 7.13. The summed E-state index contributed by atoms with van der Waals surface area (Å²) in [6, 6.07) is 2.34. The van der Waals surface area contributed by atoms with Crippen LogP contribution < -0.4 is 15.4 Å². The first-order chi connectivity index (χ1) is 17.1. The van der Waals surface area contributed by atoms with Gasteiger partial charge in [0.25, 0.3) is 0 Å². The Kier molecular flexibility index (Phi) is 4.75. The number of aryl methyl sites for hydroxylation is 1. The summed E-state index contributed by atoms with van der Waals surface area (Å²) < 4.78 is 11.9. The lowest BCUT2D eigenvalue weighted by Crippen LogP contribution is -2.59. The Morgan fingerprint density at radius 2 is 2.06 bits per heavy atom. The van der Waals surface area contributed by atoms with Gasteiger partial charge in [-0.1, -0.05) is 0 Å². The van der Waals surface area contributed by atoms with Crippen LogP contribution in [0.1, 0.15) is 35.3 Å². The lowest BCUT2D eigenvalue weighted by atomic mass is 9.74. The number of nitrogens with one attached hydrogen (secondary N) is 1. The number of nitrogen functional groups attached to an aromatic ring is 1. The van der Waals surface area contributed by atoms with Crippen molar-refractivity contribution >= 4 is 33.5 Å². The minimum absolute atomic E-state index is 0.0321. The number of morpholine rings is 1. The van der Waals surface area contributed by atoms with E-state index in [-0.39, 0.29) is 10.8 Å². The Hall–Kier alpha value is -2.94. The summed E-state index contributed by atoms with van der Waals surface area (Å²) in [5.41, 5.74) is 9.49. The number of nitriles is 1. The van der Waals surface area contributed by atoms with Crippen LogP contribution >= 0.6 is 11.3 Å². The molecule has 0 aromatic carbocycles. The number of aromatic amines is 1. The molecule has 2 aliphatic carbocycles. The molecule has 1 spiro atoms. The number of hydrogen-bond acceptors (Lipinski definition) is 10. The van der Waals surface area contributed by atoms with Crippen molar-refractivity contribution in [1.29, 1.82) is 5.26 Å². The molecule has 0 amide bonds. The van der Waals surface area contributed by atoms with Crippen LogP contribution in [0.4, 0.5) is 10.9 Å². The Morgan fingerprint density at radius 3 is 2.83 bits per heavy atom. The van der Waals surface area contributed by atoms with Crippen LogP contribution in [0.2, 0.25) is 0 Å². The molecule has 4 aliphatic rings. The highest BCUT2D eigenvalue weighted by molar-refractivity contribution is 7.16. The molecule has 3 N–H and O–H groups in total. The van der Waals surface area contributed by atoms with E-state index in [9.17, 15) is 5.26 Å². The molecule has 182 valence electrons. The third-order valence-electron chi connectivity index (χ3n) is 8.13.